The third kappa shape index (κ3) is 3.53. The summed E-state index contributed by atoms with van der Waals surface area (Å²) in [5, 5.41) is 4.37. The number of nitrogens with zero attached hydrogens (tertiary/aromatic N) is 5. The third-order valence-corrected chi connectivity index (χ3v) is 5.36. The first-order valence-electron chi connectivity index (χ1n) is 7.04. The Morgan fingerprint density at radius 1 is 1.48 bits per heavy atom. The molecule has 1 atom stereocenters. The van der Waals surface area contributed by atoms with Gasteiger partial charge in [0.25, 0.3) is 0 Å². The molecule has 1 aliphatic rings. The molecule has 2 aromatic rings. The molecule has 21 heavy (non-hydrogen) atoms. The maximum absolute atomic E-state index is 5.40. The highest BCUT2D eigenvalue weighted by Crippen LogP contribution is 2.24. The lowest BCUT2D eigenvalue weighted by Crippen LogP contribution is -2.37. The van der Waals surface area contributed by atoms with Crippen LogP contribution in [0.25, 0.3) is 0 Å². The van der Waals surface area contributed by atoms with Crippen molar-refractivity contribution in [1.82, 2.24) is 24.2 Å². The normalized spacial score (nSPS) is 18.5. The van der Waals surface area contributed by atoms with Crippen LogP contribution in [0.1, 0.15) is 12.1 Å². The van der Waals surface area contributed by atoms with E-state index in [0.29, 0.717) is 6.04 Å². The van der Waals surface area contributed by atoms with Gasteiger partial charge in [-0.25, -0.2) is 4.68 Å². The average molecular weight is 321 g/mol. The molecule has 1 aliphatic heterocycles. The second-order valence-corrected chi connectivity index (χ2v) is 6.77. The van der Waals surface area contributed by atoms with Gasteiger partial charge in [0.05, 0.1) is 12.4 Å². The lowest BCUT2D eigenvalue weighted by atomic mass is 10.2. The molecule has 7 heteroatoms. The summed E-state index contributed by atoms with van der Waals surface area (Å²) in [6.45, 7) is 1.56. The fourth-order valence-corrected chi connectivity index (χ4v) is 3.90. The summed E-state index contributed by atoms with van der Waals surface area (Å²) in [6, 6.07) is 6.64. The van der Waals surface area contributed by atoms with Crippen molar-refractivity contribution in [2.75, 3.05) is 11.5 Å². The highest BCUT2D eigenvalue weighted by atomic mass is 32.2. The summed E-state index contributed by atoms with van der Waals surface area (Å²) in [5.41, 5.74) is 1.09. The van der Waals surface area contributed by atoms with Crippen molar-refractivity contribution in [3.05, 3.63) is 41.2 Å². The van der Waals surface area contributed by atoms with Crippen molar-refractivity contribution in [2.45, 2.75) is 25.7 Å². The summed E-state index contributed by atoms with van der Waals surface area (Å²) < 4.78 is 4.52. The average Bonchev–Trinajstić information content (AvgIpc) is 3.13. The van der Waals surface area contributed by atoms with E-state index in [-0.39, 0.29) is 0 Å². The van der Waals surface area contributed by atoms with Gasteiger partial charge in [-0.05, 0) is 36.5 Å². The molecule has 112 valence electrons. The molecule has 0 amide bonds. The van der Waals surface area contributed by atoms with Crippen molar-refractivity contribution in [3.8, 4) is 0 Å². The van der Waals surface area contributed by atoms with E-state index in [0.717, 1.165) is 23.7 Å². The van der Waals surface area contributed by atoms with Crippen LogP contribution in [-0.2, 0) is 20.3 Å². The minimum atomic E-state index is 0.570. The van der Waals surface area contributed by atoms with Gasteiger partial charge in [0.2, 0.25) is 0 Å². The Morgan fingerprint density at radius 2 is 2.38 bits per heavy atom. The first-order chi connectivity index (χ1) is 10.2. The SMILES string of the molecule is Cn1cnn(CN(Cc2ccccn2)[C@@H]2CCSC2)c1=S. The van der Waals surface area contributed by atoms with Gasteiger partial charge in [0.1, 0.15) is 6.33 Å². The molecule has 3 heterocycles. The van der Waals surface area contributed by atoms with E-state index in [2.05, 4.69) is 21.0 Å². The Labute approximate surface area is 134 Å². The molecule has 2 aromatic heterocycles. The molecule has 0 saturated carbocycles. The monoisotopic (exact) mass is 321 g/mol. The van der Waals surface area contributed by atoms with Crippen LogP contribution in [0.15, 0.2) is 30.7 Å². The van der Waals surface area contributed by atoms with Crippen LogP contribution >= 0.6 is 24.0 Å². The van der Waals surface area contributed by atoms with Crippen LogP contribution in [-0.4, -0.2) is 41.8 Å². The summed E-state index contributed by atoms with van der Waals surface area (Å²) in [6.07, 6.45) is 4.84. The molecule has 3 rings (SSSR count). The van der Waals surface area contributed by atoms with Crippen molar-refractivity contribution in [1.29, 1.82) is 0 Å². The quantitative estimate of drug-likeness (QED) is 0.790. The zero-order chi connectivity index (χ0) is 14.7. The topological polar surface area (TPSA) is 38.9 Å². The highest BCUT2D eigenvalue weighted by molar-refractivity contribution is 7.99. The Bertz CT molecular complexity index is 630. The summed E-state index contributed by atoms with van der Waals surface area (Å²) in [7, 11) is 1.93. The smallest absolute Gasteiger partial charge is 0.198 e. The Morgan fingerprint density at radius 3 is 3.00 bits per heavy atom. The number of hydrogen-bond acceptors (Lipinski definition) is 5. The van der Waals surface area contributed by atoms with Gasteiger partial charge in [0, 0.05) is 31.6 Å². The van der Waals surface area contributed by atoms with E-state index < -0.39 is 0 Å². The van der Waals surface area contributed by atoms with Crippen LogP contribution in [0, 0.1) is 4.77 Å². The van der Waals surface area contributed by atoms with Crippen LogP contribution in [0.5, 0.6) is 0 Å². The molecule has 0 aliphatic carbocycles. The van der Waals surface area contributed by atoms with Crippen molar-refractivity contribution >= 4 is 24.0 Å². The maximum atomic E-state index is 5.40. The van der Waals surface area contributed by atoms with Gasteiger partial charge < -0.3 is 4.57 Å². The van der Waals surface area contributed by atoms with Crippen LogP contribution in [0.2, 0.25) is 0 Å². The molecule has 0 spiro atoms. The summed E-state index contributed by atoms with van der Waals surface area (Å²) in [5.74, 6) is 2.41. The molecular formula is C14H19N5S2. The van der Waals surface area contributed by atoms with E-state index in [1.54, 1.807) is 6.33 Å². The van der Waals surface area contributed by atoms with E-state index >= 15 is 0 Å². The maximum Gasteiger partial charge on any atom is 0.198 e. The zero-order valence-corrected chi connectivity index (χ0v) is 13.7. The molecule has 0 aromatic carbocycles. The van der Waals surface area contributed by atoms with Gasteiger partial charge in [0.15, 0.2) is 4.77 Å². The Balaban J connectivity index is 1.79. The number of aryl methyl sites for hydroxylation is 1. The lowest BCUT2D eigenvalue weighted by molar-refractivity contribution is 0.144. The molecular weight excluding hydrogens is 302 g/mol. The standard InChI is InChI=1S/C14H19N5S2/c1-17-10-16-19(14(17)20)11-18(13-5-7-21-9-13)8-12-4-2-3-6-15-12/h2-4,6,10,13H,5,7-9,11H2,1H3/t13-/m1/s1. The third-order valence-electron chi connectivity index (χ3n) is 3.72. The van der Waals surface area contributed by atoms with Crippen LogP contribution in [0.4, 0.5) is 0 Å². The fourth-order valence-electron chi connectivity index (χ4n) is 2.49. The van der Waals surface area contributed by atoms with Crippen molar-refractivity contribution in [2.24, 2.45) is 7.05 Å². The number of pyridine rings is 1. The zero-order valence-electron chi connectivity index (χ0n) is 12.1. The van der Waals surface area contributed by atoms with Gasteiger partial charge in [-0.1, -0.05) is 6.07 Å². The first-order valence-corrected chi connectivity index (χ1v) is 8.60. The largest absolute Gasteiger partial charge is 0.310 e. The Kier molecular flexibility index (Phi) is 4.72. The van der Waals surface area contributed by atoms with Gasteiger partial charge >= 0.3 is 0 Å². The van der Waals surface area contributed by atoms with Gasteiger partial charge in [-0.15, -0.1) is 0 Å². The molecule has 0 radical (unpaired) electrons. The molecule has 0 unspecified atom stereocenters. The van der Waals surface area contributed by atoms with Crippen LogP contribution < -0.4 is 0 Å². The van der Waals surface area contributed by atoms with E-state index in [1.165, 1.54) is 17.9 Å². The van der Waals surface area contributed by atoms with Crippen molar-refractivity contribution < 1.29 is 0 Å². The van der Waals surface area contributed by atoms with Gasteiger partial charge in [-0.3, -0.25) is 9.88 Å². The van der Waals surface area contributed by atoms with Crippen molar-refractivity contribution in [3.63, 3.8) is 0 Å². The Hall–Kier alpha value is -1.18. The minimum absolute atomic E-state index is 0.570. The predicted octanol–water partition coefficient (Wildman–Crippen LogP) is 2.31. The molecule has 0 bridgehead atoms. The molecule has 1 saturated heterocycles. The number of rotatable bonds is 5. The minimum Gasteiger partial charge on any atom is -0.310 e. The van der Waals surface area contributed by atoms with Crippen LogP contribution in [0.3, 0.4) is 0 Å². The highest BCUT2D eigenvalue weighted by Gasteiger charge is 2.24. The summed E-state index contributed by atoms with van der Waals surface area (Å²) >= 11 is 7.42. The van der Waals surface area contributed by atoms with Gasteiger partial charge in [-0.2, -0.15) is 16.9 Å². The molecule has 5 nitrogen and oxygen atoms in total. The molecule has 0 N–H and O–H groups in total. The second kappa shape index (κ2) is 6.72. The number of hydrogen-bond donors (Lipinski definition) is 0. The molecule has 1 fully saturated rings. The fraction of sp³-hybridized carbons (Fsp3) is 0.500. The second-order valence-electron chi connectivity index (χ2n) is 5.25. The van der Waals surface area contributed by atoms with E-state index in [1.807, 2.05) is 46.4 Å². The first kappa shape index (κ1) is 14.7. The number of thioether (sulfide) groups is 1. The predicted molar refractivity (Wildman–Crippen MR) is 87.5 cm³/mol. The number of aromatic nitrogens is 4. The lowest BCUT2D eigenvalue weighted by Gasteiger charge is -2.27. The summed E-state index contributed by atoms with van der Waals surface area (Å²) in [4.78, 5) is 6.89. The van der Waals surface area contributed by atoms with E-state index in [4.69, 9.17) is 12.2 Å². The van der Waals surface area contributed by atoms with E-state index in [9.17, 15) is 0 Å².